The Morgan fingerprint density at radius 2 is 1.58 bits per heavy atom. The van der Waals surface area contributed by atoms with Crippen molar-refractivity contribution in [2.75, 3.05) is 32.4 Å². The quantitative estimate of drug-likeness (QED) is 0.783. The van der Waals surface area contributed by atoms with Crippen LogP contribution in [0.3, 0.4) is 0 Å². The molecule has 0 atom stereocenters. The van der Waals surface area contributed by atoms with E-state index in [-0.39, 0.29) is 0 Å². The fourth-order valence-electron chi connectivity index (χ4n) is 2.28. The van der Waals surface area contributed by atoms with E-state index in [4.69, 9.17) is 9.47 Å². The smallest absolute Gasteiger partial charge is 0.305 e. The van der Waals surface area contributed by atoms with Crippen molar-refractivity contribution in [2.45, 2.75) is 6.41 Å². The molecule has 0 aromatic heterocycles. The van der Waals surface area contributed by atoms with E-state index in [1.165, 1.54) is 10.6 Å². The van der Waals surface area contributed by atoms with Crippen LogP contribution in [0.1, 0.15) is 0 Å². The highest BCUT2D eigenvalue weighted by atomic mass is 32.2. The van der Waals surface area contributed by atoms with E-state index in [1.54, 1.807) is 0 Å². The first-order chi connectivity index (χ1) is 9.04. The Kier molecular flexibility index (Phi) is 3.12. The first kappa shape index (κ1) is 12.7. The van der Waals surface area contributed by atoms with Crippen molar-refractivity contribution in [3.63, 3.8) is 0 Å². The summed E-state index contributed by atoms with van der Waals surface area (Å²) >= 11 is 0. The lowest BCUT2D eigenvalue weighted by Gasteiger charge is -2.34. The third-order valence-corrected chi connectivity index (χ3v) is 4.65. The van der Waals surface area contributed by atoms with Crippen LogP contribution in [0.5, 0.6) is 11.5 Å². The molecular weight excluding hydrogens is 268 g/mol. The molecule has 19 heavy (non-hydrogen) atoms. The second kappa shape index (κ2) is 4.66. The topological polar surface area (TPSA) is 59.1 Å². The van der Waals surface area contributed by atoms with Crippen molar-refractivity contribution in [3.05, 3.63) is 24.3 Å². The number of para-hydroxylation sites is 2. The Balaban J connectivity index is 1.62. The molecule has 2 aliphatic heterocycles. The summed E-state index contributed by atoms with van der Waals surface area (Å²) < 4.78 is 35.8. The van der Waals surface area contributed by atoms with Crippen LogP contribution in [0.2, 0.25) is 0 Å². The van der Waals surface area contributed by atoms with Crippen molar-refractivity contribution < 1.29 is 17.9 Å². The molecule has 0 unspecified atom stereocenters. The molecule has 7 heteroatoms. The SMILES string of the molecule is CS(=O)(=O)N1CCN(C2Oc3ccccc3O2)CC1. The van der Waals surface area contributed by atoms with Crippen LogP contribution in [-0.2, 0) is 10.0 Å². The van der Waals surface area contributed by atoms with Crippen LogP contribution in [0.25, 0.3) is 0 Å². The van der Waals surface area contributed by atoms with Gasteiger partial charge in [-0.2, -0.15) is 4.31 Å². The summed E-state index contributed by atoms with van der Waals surface area (Å²) in [5, 5.41) is 0. The van der Waals surface area contributed by atoms with Gasteiger partial charge in [0.05, 0.1) is 6.26 Å². The first-order valence-corrected chi connectivity index (χ1v) is 8.00. The summed E-state index contributed by atoms with van der Waals surface area (Å²) in [5.74, 6) is 1.47. The summed E-state index contributed by atoms with van der Waals surface area (Å²) in [6.45, 7) is 2.15. The summed E-state index contributed by atoms with van der Waals surface area (Å²) in [4.78, 5) is 2.00. The molecule has 1 aromatic carbocycles. The zero-order chi connectivity index (χ0) is 13.5. The lowest BCUT2D eigenvalue weighted by atomic mass is 10.3. The molecule has 0 radical (unpaired) electrons. The molecule has 1 aromatic rings. The molecule has 1 fully saturated rings. The second-order valence-corrected chi connectivity index (χ2v) is 6.67. The maximum absolute atomic E-state index is 11.4. The van der Waals surface area contributed by atoms with Gasteiger partial charge in [-0.3, -0.25) is 0 Å². The van der Waals surface area contributed by atoms with Crippen LogP contribution in [-0.4, -0.2) is 56.5 Å². The standard InChI is InChI=1S/C12H16N2O4S/c1-19(15,16)14-8-6-13(7-9-14)12-17-10-4-2-3-5-11(10)18-12/h2-5,12H,6-9H2,1H3. The molecule has 0 spiro atoms. The summed E-state index contributed by atoms with van der Waals surface area (Å²) in [7, 11) is -3.10. The van der Waals surface area contributed by atoms with Crippen molar-refractivity contribution in [1.82, 2.24) is 9.21 Å². The van der Waals surface area contributed by atoms with Crippen molar-refractivity contribution in [2.24, 2.45) is 0 Å². The molecule has 0 amide bonds. The predicted molar refractivity (Wildman–Crippen MR) is 69.5 cm³/mol. The second-order valence-electron chi connectivity index (χ2n) is 4.69. The molecule has 104 valence electrons. The van der Waals surface area contributed by atoms with Crippen LogP contribution in [0.4, 0.5) is 0 Å². The summed E-state index contributed by atoms with van der Waals surface area (Å²) in [6.07, 6.45) is 0.792. The van der Waals surface area contributed by atoms with Gasteiger partial charge in [0.25, 0.3) is 0 Å². The molecule has 0 saturated carbocycles. The van der Waals surface area contributed by atoms with Crippen LogP contribution in [0, 0.1) is 0 Å². The summed E-state index contributed by atoms with van der Waals surface area (Å²) in [6, 6.07) is 7.52. The van der Waals surface area contributed by atoms with E-state index in [0.29, 0.717) is 26.2 Å². The number of hydrogen-bond acceptors (Lipinski definition) is 5. The van der Waals surface area contributed by atoms with Gasteiger partial charge in [-0.25, -0.2) is 13.3 Å². The van der Waals surface area contributed by atoms with Gasteiger partial charge in [0, 0.05) is 26.2 Å². The maximum Gasteiger partial charge on any atom is 0.305 e. The minimum absolute atomic E-state index is 0.445. The van der Waals surface area contributed by atoms with Gasteiger partial charge in [-0.05, 0) is 12.1 Å². The Morgan fingerprint density at radius 3 is 2.05 bits per heavy atom. The molecule has 1 saturated heterocycles. The predicted octanol–water partition coefficient (Wildman–Crippen LogP) is 0.319. The number of benzene rings is 1. The number of rotatable bonds is 2. The van der Waals surface area contributed by atoms with Crippen LogP contribution in [0.15, 0.2) is 24.3 Å². The van der Waals surface area contributed by atoms with E-state index in [1.807, 2.05) is 29.2 Å². The van der Waals surface area contributed by atoms with E-state index >= 15 is 0 Å². The average Bonchev–Trinajstić information content (AvgIpc) is 2.81. The monoisotopic (exact) mass is 284 g/mol. The minimum atomic E-state index is -3.10. The molecule has 3 rings (SSSR count). The maximum atomic E-state index is 11.4. The molecule has 6 nitrogen and oxygen atoms in total. The van der Waals surface area contributed by atoms with Crippen molar-refractivity contribution in [3.8, 4) is 11.5 Å². The lowest BCUT2D eigenvalue weighted by molar-refractivity contribution is -0.0976. The normalized spacial score (nSPS) is 21.7. The van der Waals surface area contributed by atoms with E-state index in [2.05, 4.69) is 0 Å². The number of piperazine rings is 1. The zero-order valence-corrected chi connectivity index (χ0v) is 11.5. The number of hydrogen-bond donors (Lipinski definition) is 0. The fourth-order valence-corrected chi connectivity index (χ4v) is 3.11. The molecule has 0 bridgehead atoms. The highest BCUT2D eigenvalue weighted by Crippen LogP contribution is 2.35. The van der Waals surface area contributed by atoms with Gasteiger partial charge < -0.3 is 9.47 Å². The number of nitrogens with zero attached hydrogens (tertiary/aromatic N) is 2. The van der Waals surface area contributed by atoms with Gasteiger partial charge in [-0.1, -0.05) is 12.1 Å². The Hall–Kier alpha value is -1.31. The van der Waals surface area contributed by atoms with Crippen molar-refractivity contribution >= 4 is 10.0 Å². The molecule has 0 N–H and O–H groups in total. The largest absolute Gasteiger partial charge is 0.438 e. The van der Waals surface area contributed by atoms with Gasteiger partial charge in [0.1, 0.15) is 0 Å². The highest BCUT2D eigenvalue weighted by molar-refractivity contribution is 7.88. The van der Waals surface area contributed by atoms with Gasteiger partial charge in [-0.15, -0.1) is 0 Å². The first-order valence-electron chi connectivity index (χ1n) is 6.15. The summed E-state index contributed by atoms with van der Waals surface area (Å²) in [5.41, 5.74) is 0. The highest BCUT2D eigenvalue weighted by Gasteiger charge is 2.33. The Morgan fingerprint density at radius 1 is 1.05 bits per heavy atom. The lowest BCUT2D eigenvalue weighted by Crippen LogP contribution is -2.53. The minimum Gasteiger partial charge on any atom is -0.438 e. The van der Waals surface area contributed by atoms with E-state index in [0.717, 1.165) is 11.5 Å². The average molecular weight is 284 g/mol. The number of sulfonamides is 1. The molecule has 0 aliphatic carbocycles. The third-order valence-electron chi connectivity index (χ3n) is 3.35. The van der Waals surface area contributed by atoms with Crippen LogP contribution >= 0.6 is 0 Å². The Bertz CT molecular complexity index is 542. The zero-order valence-electron chi connectivity index (χ0n) is 10.7. The van der Waals surface area contributed by atoms with E-state index < -0.39 is 16.4 Å². The number of ether oxygens (including phenoxy) is 2. The fraction of sp³-hybridized carbons (Fsp3) is 0.500. The Labute approximate surface area is 112 Å². The molecular formula is C12H16N2O4S. The number of fused-ring (bicyclic) bond motifs is 1. The van der Waals surface area contributed by atoms with Gasteiger partial charge in [0.2, 0.25) is 10.0 Å². The third kappa shape index (κ3) is 2.54. The van der Waals surface area contributed by atoms with Gasteiger partial charge >= 0.3 is 6.41 Å². The van der Waals surface area contributed by atoms with Crippen molar-refractivity contribution in [1.29, 1.82) is 0 Å². The van der Waals surface area contributed by atoms with Crippen LogP contribution < -0.4 is 9.47 Å². The van der Waals surface area contributed by atoms with E-state index in [9.17, 15) is 8.42 Å². The molecule has 2 aliphatic rings. The molecule has 2 heterocycles. The van der Waals surface area contributed by atoms with Gasteiger partial charge in [0.15, 0.2) is 11.5 Å².